The molecular weight excluding hydrogens is 234 g/mol. The first-order valence-corrected chi connectivity index (χ1v) is 6.16. The number of anilines is 1. The maximum Gasteiger partial charge on any atom is 0.333 e. The second-order valence-corrected chi connectivity index (χ2v) is 5.09. The van der Waals surface area contributed by atoms with Crippen LogP contribution in [-0.2, 0) is 4.79 Å². The summed E-state index contributed by atoms with van der Waals surface area (Å²) in [6.07, 6.45) is 1.68. The van der Waals surface area contributed by atoms with Crippen molar-refractivity contribution in [1.29, 1.82) is 0 Å². The van der Waals surface area contributed by atoms with Gasteiger partial charge < -0.3 is 9.42 Å². The van der Waals surface area contributed by atoms with Crippen LogP contribution < -0.4 is 4.90 Å². The minimum atomic E-state index is -0.321. The lowest BCUT2D eigenvalue weighted by Crippen LogP contribution is -2.41. The van der Waals surface area contributed by atoms with Gasteiger partial charge in [0.2, 0.25) is 0 Å². The predicted molar refractivity (Wildman–Crippen MR) is 63.0 cm³/mol. The molecule has 2 fully saturated rings. The molecule has 0 N–H and O–H groups in total. The van der Waals surface area contributed by atoms with Gasteiger partial charge in [-0.25, -0.2) is 9.69 Å². The normalized spacial score (nSPS) is 27.9. The van der Waals surface area contributed by atoms with Crippen LogP contribution in [0.3, 0.4) is 0 Å². The second kappa shape index (κ2) is 3.83. The van der Waals surface area contributed by atoms with Gasteiger partial charge in [-0.15, -0.1) is 0 Å². The molecule has 0 aromatic carbocycles. The summed E-state index contributed by atoms with van der Waals surface area (Å²) in [4.78, 5) is 27.3. The molecule has 18 heavy (non-hydrogen) atoms. The molecule has 6 nitrogen and oxygen atoms in total. The third-order valence-corrected chi connectivity index (χ3v) is 3.65. The van der Waals surface area contributed by atoms with E-state index < -0.39 is 0 Å². The molecule has 3 rings (SSSR count). The van der Waals surface area contributed by atoms with Gasteiger partial charge in [-0.05, 0) is 25.7 Å². The van der Waals surface area contributed by atoms with Crippen LogP contribution in [0.15, 0.2) is 10.6 Å². The standard InChI is InChI=1S/C12H15N3O3/c1-7-3-4-14-9(5-7)11(16)15(12(14)17)10-6-8(2)18-13-10/h6-7,9H,3-5H2,1-2H3/t7-,9+/m1/s1. The van der Waals surface area contributed by atoms with Gasteiger partial charge in [0.1, 0.15) is 11.8 Å². The molecule has 0 aliphatic carbocycles. The van der Waals surface area contributed by atoms with E-state index in [9.17, 15) is 9.59 Å². The number of hydrogen-bond acceptors (Lipinski definition) is 4. The molecule has 2 atom stereocenters. The van der Waals surface area contributed by atoms with Gasteiger partial charge >= 0.3 is 6.03 Å². The molecule has 0 spiro atoms. The van der Waals surface area contributed by atoms with Crippen LogP contribution in [0.1, 0.15) is 25.5 Å². The first-order chi connectivity index (χ1) is 8.58. The summed E-state index contributed by atoms with van der Waals surface area (Å²) < 4.78 is 4.93. The first kappa shape index (κ1) is 11.3. The third kappa shape index (κ3) is 1.52. The van der Waals surface area contributed by atoms with Crippen LogP contribution in [0.2, 0.25) is 0 Å². The Morgan fingerprint density at radius 1 is 1.44 bits per heavy atom. The molecule has 2 saturated heterocycles. The number of carbonyl (C=O) groups excluding carboxylic acids is 2. The third-order valence-electron chi connectivity index (χ3n) is 3.65. The van der Waals surface area contributed by atoms with Crippen molar-refractivity contribution in [2.24, 2.45) is 5.92 Å². The Balaban J connectivity index is 1.93. The number of urea groups is 1. The maximum atomic E-state index is 12.3. The zero-order chi connectivity index (χ0) is 12.9. The highest BCUT2D eigenvalue weighted by molar-refractivity contribution is 6.20. The first-order valence-electron chi connectivity index (χ1n) is 6.16. The summed E-state index contributed by atoms with van der Waals surface area (Å²) in [5.74, 6) is 1.18. The fourth-order valence-electron chi connectivity index (χ4n) is 2.65. The fraction of sp³-hybridized carbons (Fsp3) is 0.583. The van der Waals surface area contributed by atoms with E-state index >= 15 is 0 Å². The lowest BCUT2D eigenvalue weighted by Gasteiger charge is -2.30. The van der Waals surface area contributed by atoms with Crippen molar-refractivity contribution in [3.8, 4) is 0 Å². The SMILES string of the molecule is Cc1cc(N2C(=O)[C@@H]3C[C@H](C)CCN3C2=O)no1. The minimum Gasteiger partial charge on any atom is -0.360 e. The molecule has 2 aliphatic rings. The van der Waals surface area contributed by atoms with Crippen molar-refractivity contribution < 1.29 is 14.1 Å². The topological polar surface area (TPSA) is 66.7 Å². The van der Waals surface area contributed by atoms with Crippen LogP contribution in [0, 0.1) is 12.8 Å². The number of aromatic nitrogens is 1. The Morgan fingerprint density at radius 2 is 2.22 bits per heavy atom. The number of fused-ring (bicyclic) bond motifs is 1. The highest BCUT2D eigenvalue weighted by Gasteiger charge is 2.48. The van der Waals surface area contributed by atoms with Crippen molar-refractivity contribution in [2.45, 2.75) is 32.7 Å². The van der Waals surface area contributed by atoms with Gasteiger partial charge in [0.05, 0.1) is 0 Å². The van der Waals surface area contributed by atoms with Crippen LogP contribution in [0.5, 0.6) is 0 Å². The fourth-order valence-corrected chi connectivity index (χ4v) is 2.65. The zero-order valence-electron chi connectivity index (χ0n) is 10.4. The Kier molecular flexibility index (Phi) is 2.39. The molecule has 6 heteroatoms. The lowest BCUT2D eigenvalue weighted by atomic mass is 9.93. The van der Waals surface area contributed by atoms with E-state index in [-0.39, 0.29) is 18.0 Å². The van der Waals surface area contributed by atoms with Gasteiger partial charge in [-0.3, -0.25) is 4.79 Å². The quantitative estimate of drug-likeness (QED) is 0.708. The Bertz CT molecular complexity index is 510. The minimum absolute atomic E-state index is 0.181. The van der Waals surface area contributed by atoms with E-state index in [0.29, 0.717) is 24.0 Å². The Morgan fingerprint density at radius 3 is 2.89 bits per heavy atom. The number of piperidine rings is 1. The van der Waals surface area contributed by atoms with Crippen LogP contribution >= 0.6 is 0 Å². The van der Waals surface area contributed by atoms with Crippen molar-refractivity contribution in [3.63, 3.8) is 0 Å². The molecule has 1 aromatic heterocycles. The molecule has 0 saturated carbocycles. The number of amides is 3. The maximum absolute atomic E-state index is 12.3. The highest BCUT2D eigenvalue weighted by atomic mass is 16.5. The van der Waals surface area contributed by atoms with E-state index in [2.05, 4.69) is 12.1 Å². The van der Waals surface area contributed by atoms with Crippen molar-refractivity contribution in [1.82, 2.24) is 10.1 Å². The Labute approximate surface area is 105 Å². The average molecular weight is 249 g/mol. The largest absolute Gasteiger partial charge is 0.360 e. The molecule has 96 valence electrons. The molecule has 0 bridgehead atoms. The summed E-state index contributed by atoms with van der Waals surface area (Å²) in [5, 5.41) is 3.76. The Hall–Kier alpha value is -1.85. The van der Waals surface area contributed by atoms with Crippen molar-refractivity contribution >= 4 is 17.8 Å². The van der Waals surface area contributed by atoms with Crippen molar-refractivity contribution in [2.75, 3.05) is 11.4 Å². The summed E-state index contributed by atoms with van der Waals surface area (Å²) in [6, 6.07) is 1.01. The zero-order valence-corrected chi connectivity index (χ0v) is 10.4. The summed E-state index contributed by atoms with van der Waals surface area (Å²) in [7, 11) is 0. The van der Waals surface area contributed by atoms with Gasteiger partial charge in [0.25, 0.3) is 5.91 Å². The molecule has 3 amide bonds. The van der Waals surface area contributed by atoms with E-state index in [4.69, 9.17) is 4.52 Å². The number of nitrogens with zero attached hydrogens (tertiary/aromatic N) is 3. The molecule has 1 aromatic rings. The summed E-state index contributed by atoms with van der Waals surface area (Å²) >= 11 is 0. The predicted octanol–water partition coefficient (Wildman–Crippen LogP) is 1.55. The molecule has 2 aliphatic heterocycles. The van der Waals surface area contributed by atoms with E-state index in [1.807, 2.05) is 0 Å². The van der Waals surface area contributed by atoms with Crippen LogP contribution in [-0.4, -0.2) is 34.6 Å². The van der Waals surface area contributed by atoms with Gasteiger partial charge in [0, 0.05) is 12.6 Å². The van der Waals surface area contributed by atoms with E-state index in [1.54, 1.807) is 17.9 Å². The number of aryl methyl sites for hydroxylation is 1. The highest BCUT2D eigenvalue weighted by Crippen LogP contribution is 2.32. The molecule has 0 unspecified atom stereocenters. The smallest absolute Gasteiger partial charge is 0.333 e. The summed E-state index contributed by atoms with van der Waals surface area (Å²) in [5.41, 5.74) is 0. The molecule has 3 heterocycles. The van der Waals surface area contributed by atoms with Crippen LogP contribution in [0.25, 0.3) is 0 Å². The van der Waals surface area contributed by atoms with E-state index in [0.717, 1.165) is 17.7 Å². The van der Waals surface area contributed by atoms with Gasteiger partial charge in [-0.2, -0.15) is 0 Å². The van der Waals surface area contributed by atoms with Crippen molar-refractivity contribution in [3.05, 3.63) is 11.8 Å². The monoisotopic (exact) mass is 249 g/mol. The second-order valence-electron chi connectivity index (χ2n) is 5.09. The number of carbonyl (C=O) groups is 2. The van der Waals surface area contributed by atoms with Gasteiger partial charge in [0.15, 0.2) is 5.82 Å². The molecular formula is C12H15N3O3. The number of hydrogen-bond donors (Lipinski definition) is 0. The van der Waals surface area contributed by atoms with Crippen LogP contribution in [0.4, 0.5) is 10.6 Å². The lowest BCUT2D eigenvalue weighted by molar-refractivity contribution is -0.120. The number of imide groups is 1. The van der Waals surface area contributed by atoms with E-state index in [1.165, 1.54) is 0 Å². The summed E-state index contributed by atoms with van der Waals surface area (Å²) in [6.45, 7) is 4.48. The number of rotatable bonds is 1. The van der Waals surface area contributed by atoms with Gasteiger partial charge in [-0.1, -0.05) is 12.1 Å². The average Bonchev–Trinajstić information content (AvgIpc) is 2.84. The molecule has 0 radical (unpaired) electrons.